The Hall–Kier alpha value is -1.70. The topological polar surface area (TPSA) is 112 Å². The average Bonchev–Trinajstić information content (AvgIpc) is 3.26. The Labute approximate surface area is 124 Å². The molecule has 0 unspecified atom stereocenters. The van der Waals surface area contributed by atoms with Crippen molar-refractivity contribution in [2.24, 2.45) is 0 Å². The Morgan fingerprint density at radius 1 is 0.714 bits per heavy atom. The van der Waals surface area contributed by atoms with Gasteiger partial charge < -0.3 is 24.4 Å². The van der Waals surface area contributed by atoms with Gasteiger partial charge in [-0.05, 0) is 13.8 Å². The molecule has 0 bridgehead atoms. The second-order valence-electron chi connectivity index (χ2n) is 4.01. The third-order valence-electron chi connectivity index (χ3n) is 1.34. The molecule has 21 heavy (non-hydrogen) atoms. The van der Waals surface area contributed by atoms with Crippen molar-refractivity contribution >= 4 is 11.9 Å². The van der Waals surface area contributed by atoms with Crippen LogP contribution in [-0.4, -0.2) is 61.8 Å². The molecule has 0 spiro atoms. The first-order valence-electron chi connectivity index (χ1n) is 6.29. The first-order chi connectivity index (χ1) is 9.79. The molecule has 3 aliphatic heterocycles. The number of hydrogen-bond donors (Lipinski definition) is 2. The smallest absolute Gasteiger partial charge is 0.330 e. The Bertz CT molecular complexity index is 260. The van der Waals surface area contributed by atoms with E-state index in [-0.39, 0.29) is 11.1 Å². The van der Waals surface area contributed by atoms with E-state index < -0.39 is 11.9 Å². The standard InChI is InChI=1S/2C4H6O2.3C2H4O/c2*1-3(2)4(5)6;3*1-2-3-1/h2*1H2,2H3,(H,5,6);3*1-2H2. The van der Waals surface area contributed by atoms with Crippen molar-refractivity contribution in [1.82, 2.24) is 0 Å². The van der Waals surface area contributed by atoms with Gasteiger partial charge in [-0.3, -0.25) is 0 Å². The van der Waals surface area contributed by atoms with E-state index >= 15 is 0 Å². The molecule has 0 radical (unpaired) electrons. The molecule has 0 atom stereocenters. The highest BCUT2D eigenvalue weighted by Gasteiger charge is 1.94. The Kier molecular flexibility index (Phi) is 15.1. The third-order valence-corrected chi connectivity index (χ3v) is 1.34. The molecule has 0 aromatic heterocycles. The molecule has 0 aromatic carbocycles. The zero-order chi connectivity index (χ0) is 16.7. The Morgan fingerprint density at radius 2 is 0.810 bits per heavy atom. The van der Waals surface area contributed by atoms with Crippen LogP contribution < -0.4 is 0 Å². The monoisotopic (exact) mass is 304 g/mol. The number of ether oxygens (including phenoxy) is 3. The van der Waals surface area contributed by atoms with Crippen molar-refractivity contribution < 1.29 is 34.0 Å². The normalized spacial score (nSPS) is 14.6. The van der Waals surface area contributed by atoms with Crippen LogP contribution in [0.4, 0.5) is 0 Å². The summed E-state index contributed by atoms with van der Waals surface area (Å²) in [6.45, 7) is 15.2. The van der Waals surface area contributed by atoms with E-state index in [9.17, 15) is 9.59 Å². The lowest BCUT2D eigenvalue weighted by molar-refractivity contribution is -0.133. The van der Waals surface area contributed by atoms with E-state index in [1.54, 1.807) is 0 Å². The van der Waals surface area contributed by atoms with Crippen LogP contribution in [0.15, 0.2) is 24.3 Å². The molecule has 3 fully saturated rings. The second kappa shape index (κ2) is 14.7. The van der Waals surface area contributed by atoms with Gasteiger partial charge in [0.25, 0.3) is 0 Å². The first kappa shape index (κ1) is 21.6. The van der Waals surface area contributed by atoms with Crippen molar-refractivity contribution in [3.63, 3.8) is 0 Å². The van der Waals surface area contributed by atoms with Gasteiger partial charge in [0, 0.05) is 11.1 Å². The molecule has 3 heterocycles. The van der Waals surface area contributed by atoms with Crippen molar-refractivity contribution in [2.45, 2.75) is 13.8 Å². The van der Waals surface area contributed by atoms with Gasteiger partial charge in [-0.25, -0.2) is 9.59 Å². The molecular weight excluding hydrogens is 280 g/mol. The number of aliphatic carboxylic acids is 2. The molecule has 0 amide bonds. The SMILES string of the molecule is C1CO1.C1CO1.C1CO1.C=C(C)C(=O)O.C=C(C)C(=O)O. The quantitative estimate of drug-likeness (QED) is 0.584. The molecule has 3 saturated heterocycles. The van der Waals surface area contributed by atoms with E-state index in [0.717, 1.165) is 39.6 Å². The van der Waals surface area contributed by atoms with Crippen LogP contribution in [-0.2, 0) is 23.8 Å². The second-order valence-corrected chi connectivity index (χ2v) is 4.01. The minimum absolute atomic E-state index is 0.176. The van der Waals surface area contributed by atoms with E-state index in [0.29, 0.717) is 0 Å². The van der Waals surface area contributed by atoms with E-state index in [1.165, 1.54) is 13.8 Å². The maximum Gasteiger partial charge on any atom is 0.330 e. The predicted molar refractivity (Wildman–Crippen MR) is 77.4 cm³/mol. The first-order valence-corrected chi connectivity index (χ1v) is 6.29. The van der Waals surface area contributed by atoms with Crippen LogP contribution in [0.1, 0.15) is 13.8 Å². The molecule has 2 N–H and O–H groups in total. The van der Waals surface area contributed by atoms with Crippen LogP contribution in [0, 0.1) is 0 Å². The molecule has 3 aliphatic rings. The van der Waals surface area contributed by atoms with Gasteiger partial charge >= 0.3 is 11.9 Å². The van der Waals surface area contributed by atoms with Crippen molar-refractivity contribution in [3.8, 4) is 0 Å². The van der Waals surface area contributed by atoms with Crippen LogP contribution in [0.3, 0.4) is 0 Å². The molecule has 0 saturated carbocycles. The molecule has 0 aliphatic carbocycles. The molecule has 122 valence electrons. The minimum atomic E-state index is -0.935. The predicted octanol–water partition coefficient (Wildman–Crippen LogP) is 1.34. The van der Waals surface area contributed by atoms with Gasteiger partial charge in [0.15, 0.2) is 0 Å². The fourth-order valence-corrected chi connectivity index (χ4v) is 0. The number of rotatable bonds is 2. The van der Waals surface area contributed by atoms with Gasteiger partial charge in [0.2, 0.25) is 0 Å². The summed E-state index contributed by atoms with van der Waals surface area (Å²) in [4.78, 5) is 19.2. The molecule has 3 rings (SSSR count). The maximum atomic E-state index is 9.60. The third kappa shape index (κ3) is 56.2. The highest BCUT2D eigenvalue weighted by Crippen LogP contribution is 1.85. The van der Waals surface area contributed by atoms with Crippen LogP contribution in [0.25, 0.3) is 0 Å². The summed E-state index contributed by atoms with van der Waals surface area (Å²) in [6, 6.07) is 0. The average molecular weight is 304 g/mol. The lowest BCUT2D eigenvalue weighted by Crippen LogP contribution is -1.92. The number of hydrogen-bond acceptors (Lipinski definition) is 5. The zero-order valence-corrected chi connectivity index (χ0v) is 12.6. The van der Waals surface area contributed by atoms with Crippen molar-refractivity contribution in [2.75, 3.05) is 39.6 Å². The molecule has 7 heteroatoms. The summed E-state index contributed by atoms with van der Waals surface area (Å²) in [5, 5.41) is 15.8. The molecule has 7 nitrogen and oxygen atoms in total. The van der Waals surface area contributed by atoms with Crippen LogP contribution in [0.5, 0.6) is 0 Å². The largest absolute Gasteiger partial charge is 0.478 e. The van der Waals surface area contributed by atoms with E-state index in [1.807, 2.05) is 0 Å². The summed E-state index contributed by atoms with van der Waals surface area (Å²) in [5.74, 6) is -1.87. The fourth-order valence-electron chi connectivity index (χ4n) is 0. The maximum absolute atomic E-state index is 9.60. The van der Waals surface area contributed by atoms with Gasteiger partial charge in [0.05, 0.1) is 39.6 Å². The highest BCUT2D eigenvalue weighted by atomic mass is 16.6. The zero-order valence-electron chi connectivity index (χ0n) is 12.6. The van der Waals surface area contributed by atoms with E-state index in [4.69, 9.17) is 10.2 Å². The summed E-state index contributed by atoms with van der Waals surface area (Å²) in [5.41, 5.74) is 0.352. The Balaban J connectivity index is 0. The number of carboxylic acids is 2. The molecule has 0 aromatic rings. The van der Waals surface area contributed by atoms with Crippen LogP contribution in [0.2, 0.25) is 0 Å². The summed E-state index contributed by atoms with van der Waals surface area (Å²) in [6.07, 6.45) is 0. The minimum Gasteiger partial charge on any atom is -0.478 e. The van der Waals surface area contributed by atoms with Crippen LogP contribution >= 0.6 is 0 Å². The number of epoxide rings is 3. The summed E-state index contributed by atoms with van der Waals surface area (Å²) < 4.78 is 13.5. The lowest BCUT2D eigenvalue weighted by atomic mass is 10.4. The molecular formula is C14H24O7. The van der Waals surface area contributed by atoms with Gasteiger partial charge in [-0.2, -0.15) is 0 Å². The summed E-state index contributed by atoms with van der Waals surface area (Å²) in [7, 11) is 0. The summed E-state index contributed by atoms with van der Waals surface area (Å²) >= 11 is 0. The Morgan fingerprint density at radius 3 is 0.810 bits per heavy atom. The van der Waals surface area contributed by atoms with Gasteiger partial charge in [-0.15, -0.1) is 0 Å². The van der Waals surface area contributed by atoms with E-state index in [2.05, 4.69) is 27.4 Å². The number of carboxylic acid groups (broad SMARTS) is 2. The lowest BCUT2D eigenvalue weighted by Gasteiger charge is -1.79. The fraction of sp³-hybridized carbons (Fsp3) is 0.571. The van der Waals surface area contributed by atoms with Crippen molar-refractivity contribution in [3.05, 3.63) is 24.3 Å². The number of carbonyl (C=O) groups is 2. The van der Waals surface area contributed by atoms with Crippen molar-refractivity contribution in [1.29, 1.82) is 0 Å². The van der Waals surface area contributed by atoms with Gasteiger partial charge in [0.1, 0.15) is 0 Å². The van der Waals surface area contributed by atoms with Gasteiger partial charge in [-0.1, -0.05) is 13.2 Å². The highest BCUT2D eigenvalue weighted by molar-refractivity contribution is 5.85.